The van der Waals surface area contributed by atoms with Crippen molar-refractivity contribution in [3.63, 3.8) is 0 Å². The normalized spacial score (nSPS) is 14.6. The Morgan fingerprint density at radius 2 is 1.70 bits per heavy atom. The number of aliphatic hydroxyl groups excluding tert-OH is 1. The number of carboxylic acid groups (broad SMARTS) is 2. The van der Waals surface area contributed by atoms with Crippen molar-refractivity contribution in [1.29, 1.82) is 0 Å². The summed E-state index contributed by atoms with van der Waals surface area (Å²) in [6.45, 7) is 0.429. The third kappa shape index (κ3) is 7.84. The fourth-order valence-corrected chi connectivity index (χ4v) is 2.25. The average molecular weight is 428 g/mol. The Balaban J connectivity index is 2.64. The van der Waals surface area contributed by atoms with Crippen LogP contribution in [0.15, 0.2) is 12.5 Å². The smallest absolute Gasteiger partial charge is 0.326 e. The molecular formula is C16H24N6O8. The quantitative estimate of drug-likeness (QED) is 0.162. The lowest BCUT2D eigenvalue weighted by Crippen LogP contribution is -2.57. The van der Waals surface area contributed by atoms with Crippen LogP contribution < -0.4 is 21.7 Å². The summed E-state index contributed by atoms with van der Waals surface area (Å²) in [7, 11) is 0. The Labute approximate surface area is 170 Å². The Morgan fingerprint density at radius 1 is 1.07 bits per heavy atom. The standard InChI is InChI=1S/C16H24N6O8/c1-7(13(26)21-10(16(29)30)2-8-4-18-6-19-8)20-15(28)11(5-23)22-14(27)9(17)3-12(24)25/h4,6-7,9-11,23H,2-3,5,17H2,1H3,(H,18,19)(H,20,28)(H,21,26)(H,22,27)(H,24,25)(H,29,30). The van der Waals surface area contributed by atoms with Crippen molar-refractivity contribution in [3.8, 4) is 0 Å². The van der Waals surface area contributed by atoms with Crippen molar-refractivity contribution in [1.82, 2.24) is 25.9 Å². The van der Waals surface area contributed by atoms with Crippen LogP contribution >= 0.6 is 0 Å². The van der Waals surface area contributed by atoms with Gasteiger partial charge in [0.2, 0.25) is 17.7 Å². The van der Waals surface area contributed by atoms with E-state index in [0.29, 0.717) is 5.69 Å². The Morgan fingerprint density at radius 3 is 2.20 bits per heavy atom. The number of H-pyrrole nitrogens is 1. The molecule has 0 saturated carbocycles. The van der Waals surface area contributed by atoms with Crippen LogP contribution in [0.25, 0.3) is 0 Å². The first kappa shape index (κ1) is 24.5. The number of hydrogen-bond acceptors (Lipinski definition) is 8. The SMILES string of the molecule is CC(NC(=O)C(CO)NC(=O)C(N)CC(=O)O)C(=O)NC(Cc1cnc[nH]1)C(=O)O. The van der Waals surface area contributed by atoms with Gasteiger partial charge in [0.15, 0.2) is 0 Å². The number of carbonyl (C=O) groups excluding carboxylic acids is 3. The van der Waals surface area contributed by atoms with Gasteiger partial charge in [0.05, 0.1) is 25.4 Å². The lowest BCUT2D eigenvalue weighted by atomic mass is 10.1. The first-order valence-corrected chi connectivity index (χ1v) is 8.74. The molecule has 14 heteroatoms. The topological polar surface area (TPSA) is 237 Å². The summed E-state index contributed by atoms with van der Waals surface area (Å²) in [5, 5.41) is 33.7. The highest BCUT2D eigenvalue weighted by molar-refractivity contribution is 5.94. The lowest BCUT2D eigenvalue weighted by Gasteiger charge is -2.22. The van der Waals surface area contributed by atoms with Gasteiger partial charge in [0.25, 0.3) is 0 Å². The van der Waals surface area contributed by atoms with Gasteiger partial charge >= 0.3 is 11.9 Å². The number of nitrogens with one attached hydrogen (secondary N) is 4. The molecule has 166 valence electrons. The molecule has 14 nitrogen and oxygen atoms in total. The molecule has 9 N–H and O–H groups in total. The van der Waals surface area contributed by atoms with Gasteiger partial charge in [-0.15, -0.1) is 0 Å². The van der Waals surface area contributed by atoms with Crippen LogP contribution in [-0.2, 0) is 30.4 Å². The van der Waals surface area contributed by atoms with Gasteiger partial charge in [-0.3, -0.25) is 19.2 Å². The summed E-state index contributed by atoms with van der Waals surface area (Å²) in [5.74, 6) is -5.37. The number of hydrogen-bond donors (Lipinski definition) is 8. The van der Waals surface area contributed by atoms with E-state index in [4.69, 9.17) is 10.8 Å². The Hall–Kier alpha value is -3.52. The number of aromatic amines is 1. The monoisotopic (exact) mass is 428 g/mol. The number of amides is 3. The van der Waals surface area contributed by atoms with Gasteiger partial charge in [0.1, 0.15) is 18.1 Å². The molecule has 4 unspecified atom stereocenters. The van der Waals surface area contributed by atoms with Gasteiger partial charge in [-0.25, -0.2) is 9.78 Å². The highest BCUT2D eigenvalue weighted by Gasteiger charge is 2.28. The zero-order valence-corrected chi connectivity index (χ0v) is 16.0. The van der Waals surface area contributed by atoms with Crippen LogP contribution in [0.2, 0.25) is 0 Å². The van der Waals surface area contributed by atoms with Crippen LogP contribution in [0.1, 0.15) is 19.0 Å². The number of carboxylic acids is 2. The second kappa shape index (κ2) is 11.5. The predicted octanol–water partition coefficient (Wildman–Crippen LogP) is -3.69. The number of rotatable bonds is 12. The maximum atomic E-state index is 12.2. The maximum Gasteiger partial charge on any atom is 0.326 e. The molecule has 1 heterocycles. The molecule has 1 aromatic heterocycles. The molecule has 0 aliphatic carbocycles. The molecule has 30 heavy (non-hydrogen) atoms. The van der Waals surface area contributed by atoms with Crippen LogP contribution in [0.4, 0.5) is 0 Å². The second-order valence-electron chi connectivity index (χ2n) is 6.36. The largest absolute Gasteiger partial charge is 0.481 e. The number of nitrogens with two attached hydrogens (primary N) is 1. The Kier molecular flexibility index (Phi) is 9.38. The highest BCUT2D eigenvalue weighted by Crippen LogP contribution is 2.00. The van der Waals surface area contributed by atoms with E-state index in [9.17, 15) is 34.2 Å². The molecule has 0 fully saturated rings. The minimum absolute atomic E-state index is 0.0709. The van der Waals surface area contributed by atoms with Gasteiger partial charge in [0, 0.05) is 18.3 Å². The molecule has 0 bridgehead atoms. The van der Waals surface area contributed by atoms with E-state index in [1.165, 1.54) is 19.4 Å². The zero-order chi connectivity index (χ0) is 22.8. The van der Waals surface area contributed by atoms with E-state index < -0.39 is 66.9 Å². The molecule has 3 amide bonds. The summed E-state index contributed by atoms with van der Waals surface area (Å²) in [4.78, 5) is 64.6. The van der Waals surface area contributed by atoms with Crippen molar-refractivity contribution in [2.75, 3.05) is 6.61 Å². The maximum absolute atomic E-state index is 12.2. The molecule has 0 spiro atoms. The van der Waals surface area contributed by atoms with Gasteiger partial charge in [-0.2, -0.15) is 0 Å². The number of aliphatic carboxylic acids is 2. The van der Waals surface area contributed by atoms with Crippen molar-refractivity contribution in [2.45, 2.75) is 43.9 Å². The molecule has 1 aromatic rings. The summed E-state index contributed by atoms with van der Waals surface area (Å²) in [6, 6.07) is -5.43. The highest BCUT2D eigenvalue weighted by atomic mass is 16.4. The molecular weight excluding hydrogens is 404 g/mol. The molecule has 0 aliphatic rings. The van der Waals surface area contributed by atoms with E-state index in [1.54, 1.807) is 0 Å². The van der Waals surface area contributed by atoms with Crippen molar-refractivity contribution in [3.05, 3.63) is 18.2 Å². The number of aliphatic hydroxyl groups is 1. The van der Waals surface area contributed by atoms with E-state index in [-0.39, 0.29) is 6.42 Å². The fourth-order valence-electron chi connectivity index (χ4n) is 2.25. The first-order chi connectivity index (χ1) is 14.0. The second-order valence-corrected chi connectivity index (χ2v) is 6.36. The molecule has 0 aliphatic heterocycles. The van der Waals surface area contributed by atoms with E-state index in [0.717, 1.165) is 0 Å². The number of aromatic nitrogens is 2. The van der Waals surface area contributed by atoms with Crippen LogP contribution in [0, 0.1) is 0 Å². The van der Waals surface area contributed by atoms with Gasteiger partial charge < -0.3 is 42.0 Å². The van der Waals surface area contributed by atoms with E-state index in [2.05, 4.69) is 25.9 Å². The van der Waals surface area contributed by atoms with Crippen LogP contribution in [0.5, 0.6) is 0 Å². The molecule has 0 aromatic carbocycles. The van der Waals surface area contributed by atoms with E-state index in [1.807, 2.05) is 0 Å². The third-order valence-corrected chi connectivity index (χ3v) is 3.89. The van der Waals surface area contributed by atoms with Gasteiger partial charge in [-0.1, -0.05) is 0 Å². The zero-order valence-electron chi connectivity index (χ0n) is 16.0. The van der Waals surface area contributed by atoms with Crippen LogP contribution in [0.3, 0.4) is 0 Å². The summed E-state index contributed by atoms with van der Waals surface area (Å²) in [6.07, 6.45) is 2.00. The molecule has 4 atom stereocenters. The summed E-state index contributed by atoms with van der Waals surface area (Å²) >= 11 is 0. The lowest BCUT2D eigenvalue weighted by molar-refractivity contribution is -0.142. The number of imidazole rings is 1. The fraction of sp³-hybridized carbons (Fsp3) is 0.500. The molecule has 0 saturated heterocycles. The van der Waals surface area contributed by atoms with E-state index >= 15 is 0 Å². The average Bonchev–Trinajstić information content (AvgIpc) is 3.17. The molecule has 1 rings (SSSR count). The van der Waals surface area contributed by atoms with Crippen molar-refractivity contribution in [2.24, 2.45) is 5.73 Å². The minimum Gasteiger partial charge on any atom is -0.481 e. The third-order valence-electron chi connectivity index (χ3n) is 3.89. The first-order valence-electron chi connectivity index (χ1n) is 8.74. The van der Waals surface area contributed by atoms with Crippen LogP contribution in [-0.4, -0.2) is 85.7 Å². The van der Waals surface area contributed by atoms with Gasteiger partial charge in [-0.05, 0) is 6.92 Å². The minimum atomic E-state index is -1.49. The summed E-state index contributed by atoms with van der Waals surface area (Å²) < 4.78 is 0. The number of carbonyl (C=O) groups is 5. The summed E-state index contributed by atoms with van der Waals surface area (Å²) in [5.41, 5.74) is 5.85. The van der Waals surface area contributed by atoms with Crippen molar-refractivity contribution >= 4 is 29.7 Å². The predicted molar refractivity (Wildman–Crippen MR) is 98.7 cm³/mol. The molecule has 0 radical (unpaired) electrons. The Bertz CT molecular complexity index is 768. The van der Waals surface area contributed by atoms with Crippen molar-refractivity contribution < 1.29 is 39.3 Å². The number of nitrogens with zero attached hydrogens (tertiary/aromatic N) is 1.